The summed E-state index contributed by atoms with van der Waals surface area (Å²) >= 11 is 27.3. The van der Waals surface area contributed by atoms with E-state index in [4.69, 9.17) is 46.4 Å². The van der Waals surface area contributed by atoms with Gasteiger partial charge in [0, 0.05) is 5.02 Å². The Balaban J connectivity index is 1.49. The molecular formula is C29H22Cl4N2O3. The molecule has 1 saturated heterocycles. The maximum Gasteiger partial charge on any atom is 0.247 e. The summed E-state index contributed by atoms with van der Waals surface area (Å²) in [7, 11) is 0. The topological polar surface area (TPSA) is 66.5 Å². The van der Waals surface area contributed by atoms with Gasteiger partial charge in [-0.3, -0.25) is 19.3 Å². The highest BCUT2D eigenvalue weighted by atomic mass is 35.5. The zero-order valence-electron chi connectivity index (χ0n) is 20.3. The van der Waals surface area contributed by atoms with Crippen molar-refractivity contribution in [3.63, 3.8) is 0 Å². The third kappa shape index (κ3) is 3.22. The minimum atomic E-state index is -1.32. The van der Waals surface area contributed by atoms with E-state index in [0.717, 1.165) is 4.90 Å². The van der Waals surface area contributed by atoms with Gasteiger partial charge in [-0.15, -0.1) is 23.2 Å². The molecule has 1 heterocycles. The average Bonchev–Trinajstić information content (AvgIpc) is 3.16. The second-order valence-electron chi connectivity index (χ2n) is 10.3. The van der Waals surface area contributed by atoms with Gasteiger partial charge in [0.25, 0.3) is 0 Å². The van der Waals surface area contributed by atoms with E-state index in [1.807, 2.05) is 48.5 Å². The smallest absolute Gasteiger partial charge is 0.247 e. The highest BCUT2D eigenvalue weighted by Crippen LogP contribution is 2.69. The van der Waals surface area contributed by atoms with Crippen molar-refractivity contribution in [2.75, 3.05) is 5.32 Å². The third-order valence-corrected chi connectivity index (χ3v) is 9.83. The van der Waals surface area contributed by atoms with Gasteiger partial charge in [-0.1, -0.05) is 85.6 Å². The number of nitrogens with zero attached hydrogens (tertiary/aromatic N) is 1. The number of likely N-dealkylation sites (tertiary alicyclic amines) is 1. The van der Waals surface area contributed by atoms with Crippen LogP contribution in [0.4, 0.5) is 5.69 Å². The van der Waals surface area contributed by atoms with Crippen LogP contribution in [0.25, 0.3) is 0 Å². The highest BCUT2D eigenvalue weighted by Gasteiger charge is 2.73. The fraction of sp³-hybridized carbons (Fsp3) is 0.276. The third-order valence-electron chi connectivity index (χ3n) is 7.98. The van der Waals surface area contributed by atoms with Gasteiger partial charge in [0.05, 0.1) is 22.5 Å². The molecule has 5 nitrogen and oxygen atoms in total. The Morgan fingerprint density at radius 3 is 1.68 bits per heavy atom. The zero-order valence-corrected chi connectivity index (χ0v) is 23.4. The van der Waals surface area contributed by atoms with Gasteiger partial charge in [0.2, 0.25) is 17.7 Å². The molecule has 0 unspecified atom stereocenters. The van der Waals surface area contributed by atoms with Crippen molar-refractivity contribution in [3.05, 3.63) is 99.0 Å². The first-order valence-corrected chi connectivity index (χ1v) is 13.7. The van der Waals surface area contributed by atoms with Crippen LogP contribution in [-0.4, -0.2) is 28.7 Å². The molecule has 1 fully saturated rings. The molecule has 4 aliphatic rings. The Morgan fingerprint density at radius 1 is 0.816 bits per heavy atom. The second-order valence-corrected chi connectivity index (χ2v) is 12.4. The minimum absolute atomic E-state index is 0.279. The fourth-order valence-corrected chi connectivity index (χ4v) is 7.92. The summed E-state index contributed by atoms with van der Waals surface area (Å²) in [6.07, 6.45) is 0. The standard InChI is InChI=1S/C29H22Cl4N2O3/c1-14(2)24(25(36)34-21-13-15(30)11-12-20(21)31)35-26(37)22-23(27(35)38)29(33)17-8-4-3-7-16(17)28(22,32)18-9-5-6-10-19(18)29/h3-14,22-24H,1-2H3,(H,34,36)/t22-,23-,24+,28?,29?/m1/s1. The number of carbonyl (C=O) groups excluding carboxylic acids is 3. The number of hydrogen-bond acceptors (Lipinski definition) is 3. The Hall–Kier alpha value is -2.57. The van der Waals surface area contributed by atoms with E-state index < -0.39 is 51.3 Å². The highest BCUT2D eigenvalue weighted by molar-refractivity contribution is 6.37. The maximum absolute atomic E-state index is 14.3. The van der Waals surface area contributed by atoms with Crippen molar-refractivity contribution in [2.45, 2.75) is 29.6 Å². The van der Waals surface area contributed by atoms with Crippen molar-refractivity contribution < 1.29 is 14.4 Å². The molecule has 0 aromatic heterocycles. The Kier molecular flexibility index (Phi) is 5.90. The van der Waals surface area contributed by atoms with Gasteiger partial charge in [-0.2, -0.15) is 0 Å². The molecule has 3 amide bonds. The minimum Gasteiger partial charge on any atom is -0.323 e. The Bertz CT molecular complexity index is 1420. The molecule has 3 atom stereocenters. The zero-order chi connectivity index (χ0) is 27.1. The second kappa shape index (κ2) is 8.72. The van der Waals surface area contributed by atoms with Crippen LogP contribution in [0.2, 0.25) is 10.0 Å². The van der Waals surface area contributed by atoms with Gasteiger partial charge in [0.1, 0.15) is 15.8 Å². The largest absolute Gasteiger partial charge is 0.323 e. The molecule has 3 aromatic carbocycles. The van der Waals surface area contributed by atoms with Crippen molar-refractivity contribution >= 4 is 69.8 Å². The number of halogens is 4. The summed E-state index contributed by atoms with van der Waals surface area (Å²) in [6.45, 7) is 3.55. The molecule has 9 heteroatoms. The molecule has 3 aromatic rings. The van der Waals surface area contributed by atoms with Crippen LogP contribution >= 0.6 is 46.4 Å². The van der Waals surface area contributed by atoms with E-state index in [1.165, 1.54) is 6.07 Å². The molecule has 7 rings (SSSR count). The van der Waals surface area contributed by atoms with Crippen LogP contribution in [0.1, 0.15) is 36.1 Å². The number of alkyl halides is 2. The molecule has 0 saturated carbocycles. The van der Waals surface area contributed by atoms with Crippen molar-refractivity contribution in [3.8, 4) is 0 Å². The molecule has 1 N–H and O–H groups in total. The van der Waals surface area contributed by atoms with Gasteiger partial charge in [0.15, 0.2) is 0 Å². The quantitative estimate of drug-likeness (QED) is 0.278. The lowest BCUT2D eigenvalue weighted by atomic mass is 9.54. The number of rotatable bonds is 4. The molecule has 0 radical (unpaired) electrons. The summed E-state index contributed by atoms with van der Waals surface area (Å²) in [4.78, 5) is 40.6. The summed E-state index contributed by atoms with van der Waals surface area (Å²) in [5, 5.41) is 3.41. The van der Waals surface area contributed by atoms with Crippen LogP contribution in [-0.2, 0) is 24.1 Å². The summed E-state index contributed by atoms with van der Waals surface area (Å²) in [5.41, 5.74) is 3.10. The van der Waals surface area contributed by atoms with E-state index >= 15 is 0 Å². The number of hydrogen-bond donors (Lipinski definition) is 1. The van der Waals surface area contributed by atoms with Crippen molar-refractivity contribution in [1.82, 2.24) is 4.90 Å². The predicted octanol–water partition coefficient (Wildman–Crippen LogP) is 6.55. The van der Waals surface area contributed by atoms with E-state index in [-0.39, 0.29) is 10.7 Å². The van der Waals surface area contributed by atoms with Crippen LogP contribution in [0, 0.1) is 17.8 Å². The van der Waals surface area contributed by atoms with Crippen molar-refractivity contribution in [2.24, 2.45) is 17.8 Å². The van der Waals surface area contributed by atoms with Crippen LogP contribution in [0.15, 0.2) is 66.7 Å². The first-order chi connectivity index (χ1) is 18.0. The van der Waals surface area contributed by atoms with Crippen molar-refractivity contribution in [1.29, 1.82) is 0 Å². The van der Waals surface area contributed by atoms with E-state index in [2.05, 4.69) is 5.32 Å². The van der Waals surface area contributed by atoms with Crippen LogP contribution in [0.3, 0.4) is 0 Å². The normalized spacial score (nSPS) is 27.7. The SMILES string of the molecule is CC(C)[C@@H](C(=O)Nc1cc(Cl)ccc1Cl)N1C(=O)[C@H]2[C@H](C1=O)C1(Cl)c3ccccc3C2(Cl)c2ccccc21. The number of benzene rings is 3. The van der Waals surface area contributed by atoms with E-state index in [0.29, 0.717) is 27.3 Å². The van der Waals surface area contributed by atoms with Gasteiger partial charge < -0.3 is 5.32 Å². The molecule has 1 aliphatic heterocycles. The van der Waals surface area contributed by atoms with Crippen LogP contribution in [0.5, 0.6) is 0 Å². The Labute approximate surface area is 240 Å². The number of nitrogens with one attached hydrogen (secondary N) is 1. The lowest BCUT2D eigenvalue weighted by Gasteiger charge is -2.54. The first-order valence-electron chi connectivity index (χ1n) is 12.2. The molecule has 3 aliphatic carbocycles. The monoisotopic (exact) mass is 586 g/mol. The number of anilines is 1. The van der Waals surface area contributed by atoms with Gasteiger partial charge in [-0.25, -0.2) is 0 Å². The number of imide groups is 1. The summed E-state index contributed by atoms with van der Waals surface area (Å²) in [5.74, 6) is -3.98. The van der Waals surface area contributed by atoms with E-state index in [1.54, 1.807) is 26.0 Å². The first kappa shape index (κ1) is 25.7. The molecule has 2 bridgehead atoms. The maximum atomic E-state index is 14.3. The number of carbonyl (C=O) groups is 3. The van der Waals surface area contributed by atoms with Crippen LogP contribution < -0.4 is 5.32 Å². The van der Waals surface area contributed by atoms with E-state index in [9.17, 15) is 14.4 Å². The van der Waals surface area contributed by atoms with Gasteiger partial charge in [-0.05, 0) is 46.4 Å². The lowest BCUT2D eigenvalue weighted by Crippen LogP contribution is -2.57. The molecule has 0 spiro atoms. The lowest BCUT2D eigenvalue weighted by molar-refractivity contribution is -0.148. The fourth-order valence-electron chi connectivity index (χ4n) is 6.48. The van der Waals surface area contributed by atoms with Gasteiger partial charge >= 0.3 is 0 Å². The predicted molar refractivity (Wildman–Crippen MR) is 149 cm³/mol. The molecule has 38 heavy (non-hydrogen) atoms. The Morgan fingerprint density at radius 2 is 1.26 bits per heavy atom. The number of amides is 3. The summed E-state index contributed by atoms with van der Waals surface area (Å²) < 4.78 is 0. The molecule has 194 valence electrons. The molecular weight excluding hydrogens is 566 g/mol. The average molecular weight is 588 g/mol. The summed E-state index contributed by atoms with van der Waals surface area (Å²) in [6, 6.07) is 18.4.